The van der Waals surface area contributed by atoms with E-state index >= 15 is 0 Å². The van der Waals surface area contributed by atoms with E-state index in [1.165, 1.54) is 34.1 Å². The van der Waals surface area contributed by atoms with Crippen molar-refractivity contribution in [2.24, 2.45) is 0 Å². The predicted molar refractivity (Wildman–Crippen MR) is 124 cm³/mol. The van der Waals surface area contributed by atoms with Crippen molar-refractivity contribution in [2.45, 2.75) is 18.6 Å². The van der Waals surface area contributed by atoms with E-state index in [0.29, 0.717) is 10.8 Å². The number of aromatic nitrogens is 5. The van der Waals surface area contributed by atoms with Crippen LogP contribution in [0, 0.1) is 5.82 Å². The number of nitrogens with zero attached hydrogens (tertiary/aromatic N) is 5. The molecule has 0 radical (unpaired) electrons. The fraction of sp³-hybridized carbons (Fsp3) is 0.130. The smallest absolute Gasteiger partial charge is 0.234 e. The molecule has 0 aliphatic heterocycles. The van der Waals surface area contributed by atoms with Crippen LogP contribution in [0.4, 0.5) is 10.1 Å². The first kappa shape index (κ1) is 20.2. The van der Waals surface area contributed by atoms with Crippen molar-refractivity contribution in [3.8, 4) is 5.69 Å². The molecule has 0 fully saturated rings. The molecule has 0 aliphatic rings. The Morgan fingerprint density at radius 2 is 1.88 bits per heavy atom. The minimum Gasteiger partial charge on any atom is -0.341 e. The number of halogens is 1. The Morgan fingerprint density at radius 3 is 2.72 bits per heavy atom. The van der Waals surface area contributed by atoms with Crippen molar-refractivity contribution in [1.82, 2.24) is 24.8 Å². The summed E-state index contributed by atoms with van der Waals surface area (Å²) in [7, 11) is 0. The Hall–Kier alpha value is -3.72. The maximum Gasteiger partial charge on any atom is 0.234 e. The number of para-hydroxylation sites is 1. The summed E-state index contributed by atoms with van der Waals surface area (Å²) in [5, 5.41) is 17.1. The Bertz CT molecular complexity index is 1440. The van der Waals surface area contributed by atoms with Crippen molar-refractivity contribution in [3.63, 3.8) is 0 Å². The van der Waals surface area contributed by atoms with Gasteiger partial charge in [-0.15, -0.1) is 5.10 Å². The molecule has 0 saturated carbocycles. The topological polar surface area (TPSA) is 77.6 Å². The summed E-state index contributed by atoms with van der Waals surface area (Å²) >= 11 is 1.18. The first-order valence-electron chi connectivity index (χ1n) is 10.1. The molecule has 0 spiro atoms. The standard InChI is InChI=1S/C23H19FN6OS/c1-2-29-20-9-4-3-8-18(20)19-13-16(10-11-21(19)29)25-22(31)14-32-23-26-27-28-30(23)17-7-5-6-15(24)12-17/h3-13H,2,14H2,1H3,(H,25,31). The summed E-state index contributed by atoms with van der Waals surface area (Å²) in [4.78, 5) is 12.6. The average Bonchev–Trinajstić information content (AvgIpc) is 3.40. The number of carbonyl (C=O) groups excluding carboxylic acids is 1. The number of fused-ring (bicyclic) bond motifs is 3. The van der Waals surface area contributed by atoms with E-state index in [1.54, 1.807) is 12.1 Å². The highest BCUT2D eigenvalue weighted by molar-refractivity contribution is 7.99. The summed E-state index contributed by atoms with van der Waals surface area (Å²) in [6.07, 6.45) is 0. The minimum absolute atomic E-state index is 0.116. The lowest BCUT2D eigenvalue weighted by Crippen LogP contribution is -2.14. The third-order valence-corrected chi connectivity index (χ3v) is 6.12. The molecule has 7 nitrogen and oxygen atoms in total. The normalized spacial score (nSPS) is 11.3. The minimum atomic E-state index is -0.383. The number of nitrogens with one attached hydrogen (secondary N) is 1. The fourth-order valence-electron chi connectivity index (χ4n) is 3.84. The maximum atomic E-state index is 13.5. The summed E-state index contributed by atoms with van der Waals surface area (Å²) in [5.74, 6) is -0.446. The Labute approximate surface area is 187 Å². The molecule has 2 aromatic heterocycles. The average molecular weight is 447 g/mol. The lowest BCUT2D eigenvalue weighted by atomic mass is 10.1. The van der Waals surface area contributed by atoms with Crippen molar-refractivity contribution in [2.75, 3.05) is 11.1 Å². The quantitative estimate of drug-likeness (QED) is 0.384. The van der Waals surface area contributed by atoms with E-state index in [-0.39, 0.29) is 17.5 Å². The first-order chi connectivity index (χ1) is 15.6. The molecule has 32 heavy (non-hydrogen) atoms. The summed E-state index contributed by atoms with van der Waals surface area (Å²) in [6.45, 7) is 2.99. The Morgan fingerprint density at radius 1 is 1.03 bits per heavy atom. The number of hydrogen-bond acceptors (Lipinski definition) is 5. The second-order valence-corrected chi connectivity index (χ2v) is 8.13. The monoisotopic (exact) mass is 446 g/mol. The van der Waals surface area contributed by atoms with Gasteiger partial charge in [-0.2, -0.15) is 4.68 Å². The predicted octanol–water partition coefficient (Wildman–Crippen LogP) is 4.66. The second-order valence-electron chi connectivity index (χ2n) is 7.18. The highest BCUT2D eigenvalue weighted by Gasteiger charge is 2.14. The molecule has 160 valence electrons. The van der Waals surface area contributed by atoms with Gasteiger partial charge in [0.15, 0.2) is 0 Å². The molecule has 0 unspecified atom stereocenters. The number of anilines is 1. The van der Waals surface area contributed by atoms with Crippen LogP contribution < -0.4 is 5.32 Å². The van der Waals surface area contributed by atoms with Crippen molar-refractivity contribution in [3.05, 3.63) is 72.5 Å². The number of rotatable bonds is 6. The summed E-state index contributed by atoms with van der Waals surface area (Å²) in [5.41, 5.74) is 3.53. The van der Waals surface area contributed by atoms with E-state index in [4.69, 9.17) is 0 Å². The molecule has 1 amide bonds. The van der Waals surface area contributed by atoms with Gasteiger partial charge in [-0.25, -0.2) is 4.39 Å². The second kappa shape index (κ2) is 8.43. The van der Waals surface area contributed by atoms with Crippen LogP contribution in [0.1, 0.15) is 6.92 Å². The van der Waals surface area contributed by atoms with E-state index in [1.807, 2.05) is 30.3 Å². The van der Waals surface area contributed by atoms with Crippen molar-refractivity contribution in [1.29, 1.82) is 0 Å². The molecule has 0 bridgehead atoms. The first-order valence-corrected chi connectivity index (χ1v) is 11.1. The lowest BCUT2D eigenvalue weighted by molar-refractivity contribution is -0.113. The van der Waals surface area contributed by atoms with Crippen LogP contribution >= 0.6 is 11.8 Å². The molecule has 3 aromatic carbocycles. The van der Waals surface area contributed by atoms with Gasteiger partial charge in [0.25, 0.3) is 0 Å². The van der Waals surface area contributed by atoms with Crippen LogP contribution in [0.3, 0.4) is 0 Å². The largest absolute Gasteiger partial charge is 0.341 e. The highest BCUT2D eigenvalue weighted by atomic mass is 32.2. The third kappa shape index (κ3) is 3.71. The molecule has 1 N–H and O–H groups in total. The Kier molecular flexibility index (Phi) is 5.32. The third-order valence-electron chi connectivity index (χ3n) is 5.20. The number of tetrazole rings is 1. The van der Waals surface area contributed by atoms with Gasteiger partial charge in [0.1, 0.15) is 5.82 Å². The molecule has 2 heterocycles. The molecule has 9 heteroatoms. The van der Waals surface area contributed by atoms with Crippen LogP contribution in [-0.2, 0) is 11.3 Å². The number of benzene rings is 3. The highest BCUT2D eigenvalue weighted by Crippen LogP contribution is 2.31. The zero-order valence-corrected chi connectivity index (χ0v) is 18.0. The van der Waals surface area contributed by atoms with Gasteiger partial charge < -0.3 is 9.88 Å². The lowest BCUT2D eigenvalue weighted by Gasteiger charge is -2.07. The van der Waals surface area contributed by atoms with Crippen LogP contribution in [-0.4, -0.2) is 36.4 Å². The van der Waals surface area contributed by atoms with Crippen LogP contribution in [0.25, 0.3) is 27.5 Å². The summed E-state index contributed by atoms with van der Waals surface area (Å²) < 4.78 is 17.2. The van der Waals surface area contributed by atoms with E-state index < -0.39 is 0 Å². The van der Waals surface area contributed by atoms with Gasteiger partial charge in [-0.05, 0) is 59.8 Å². The van der Waals surface area contributed by atoms with E-state index in [0.717, 1.165) is 28.5 Å². The van der Waals surface area contributed by atoms with Gasteiger partial charge in [-0.3, -0.25) is 4.79 Å². The SMILES string of the molecule is CCn1c2ccccc2c2cc(NC(=O)CSc3nnnn3-c3cccc(F)c3)ccc21. The number of aryl methyl sites for hydroxylation is 1. The number of thioether (sulfide) groups is 1. The van der Waals surface area contributed by atoms with Crippen LogP contribution in [0.5, 0.6) is 0 Å². The van der Waals surface area contributed by atoms with Crippen LogP contribution in [0.2, 0.25) is 0 Å². The molecule has 0 saturated heterocycles. The fourth-order valence-corrected chi connectivity index (χ4v) is 4.53. The van der Waals surface area contributed by atoms with Crippen molar-refractivity contribution >= 4 is 45.2 Å². The van der Waals surface area contributed by atoms with Gasteiger partial charge in [0.05, 0.1) is 11.4 Å². The Balaban J connectivity index is 1.33. The number of hydrogen-bond donors (Lipinski definition) is 1. The molecular weight excluding hydrogens is 427 g/mol. The number of amides is 1. The van der Waals surface area contributed by atoms with E-state index in [9.17, 15) is 9.18 Å². The van der Waals surface area contributed by atoms with Gasteiger partial charge in [0.2, 0.25) is 11.1 Å². The molecule has 0 aliphatic carbocycles. The molecule has 0 atom stereocenters. The zero-order chi connectivity index (χ0) is 22.1. The van der Waals surface area contributed by atoms with Gasteiger partial charge in [-0.1, -0.05) is 36.0 Å². The number of carbonyl (C=O) groups is 1. The van der Waals surface area contributed by atoms with E-state index in [2.05, 4.69) is 44.5 Å². The van der Waals surface area contributed by atoms with Gasteiger partial charge >= 0.3 is 0 Å². The summed E-state index contributed by atoms with van der Waals surface area (Å²) in [6, 6.07) is 20.2. The molecule has 5 rings (SSSR count). The van der Waals surface area contributed by atoms with Crippen LogP contribution in [0.15, 0.2) is 71.9 Å². The van der Waals surface area contributed by atoms with Crippen molar-refractivity contribution < 1.29 is 9.18 Å². The molecule has 5 aromatic rings. The maximum absolute atomic E-state index is 13.5. The molecular formula is C23H19FN6OS. The zero-order valence-electron chi connectivity index (χ0n) is 17.2. The van der Waals surface area contributed by atoms with Gasteiger partial charge in [0, 0.05) is 34.0 Å².